The summed E-state index contributed by atoms with van der Waals surface area (Å²) in [5.74, 6) is 0.642. The Bertz CT molecular complexity index is 704. The van der Waals surface area contributed by atoms with Crippen molar-refractivity contribution in [3.8, 4) is 0 Å². The summed E-state index contributed by atoms with van der Waals surface area (Å²) in [6.07, 6.45) is 6.89. The molecule has 5 heteroatoms. The second-order valence-electron chi connectivity index (χ2n) is 3.93. The van der Waals surface area contributed by atoms with Crippen LogP contribution in [0.3, 0.4) is 0 Å². The molecule has 2 heterocycles. The summed E-state index contributed by atoms with van der Waals surface area (Å²) in [5, 5.41) is 14.2. The van der Waals surface area contributed by atoms with Gasteiger partial charge >= 0.3 is 0 Å². The highest BCUT2D eigenvalue weighted by molar-refractivity contribution is 5.91. The van der Waals surface area contributed by atoms with Gasteiger partial charge in [0.2, 0.25) is 0 Å². The second kappa shape index (κ2) is 5.22. The Kier molecular flexibility index (Phi) is 3.10. The monoisotopic (exact) mass is 249 g/mol. The fraction of sp³-hybridized carbons (Fsp3) is 0. The van der Waals surface area contributed by atoms with Crippen LogP contribution in [0.1, 0.15) is 5.56 Å². The van der Waals surface area contributed by atoms with Crippen molar-refractivity contribution in [2.45, 2.75) is 0 Å². The molecule has 2 aromatic heterocycles. The summed E-state index contributed by atoms with van der Waals surface area (Å²) < 4.78 is 0. The average molecular weight is 249 g/mol. The molecule has 1 N–H and O–H groups in total. The zero-order valence-corrected chi connectivity index (χ0v) is 10.1. The van der Waals surface area contributed by atoms with Crippen LogP contribution in [0.2, 0.25) is 0 Å². The molecule has 0 atom stereocenters. The fourth-order valence-corrected chi connectivity index (χ4v) is 1.73. The first-order valence-electron chi connectivity index (χ1n) is 5.83. The van der Waals surface area contributed by atoms with E-state index in [0.717, 1.165) is 16.3 Å². The maximum Gasteiger partial charge on any atom is 0.176 e. The highest BCUT2D eigenvalue weighted by atomic mass is 15.3. The summed E-state index contributed by atoms with van der Waals surface area (Å²) in [6.45, 7) is 0. The molecule has 0 spiro atoms. The Morgan fingerprint density at radius 3 is 2.79 bits per heavy atom. The van der Waals surface area contributed by atoms with E-state index in [0.29, 0.717) is 5.82 Å². The van der Waals surface area contributed by atoms with Crippen molar-refractivity contribution in [1.29, 1.82) is 0 Å². The van der Waals surface area contributed by atoms with Gasteiger partial charge in [-0.25, -0.2) is 0 Å². The van der Waals surface area contributed by atoms with Crippen LogP contribution in [0.4, 0.5) is 5.82 Å². The molecule has 0 aliphatic rings. The quantitative estimate of drug-likeness (QED) is 0.572. The third-order valence-electron chi connectivity index (χ3n) is 2.66. The SMILES string of the molecule is C(=N\Nc1nncc2ccccc12)/c1ccncc1. The molecule has 0 radical (unpaired) electrons. The van der Waals surface area contributed by atoms with Crippen molar-refractivity contribution in [2.75, 3.05) is 5.43 Å². The summed E-state index contributed by atoms with van der Waals surface area (Å²) in [6, 6.07) is 11.6. The van der Waals surface area contributed by atoms with Crippen molar-refractivity contribution < 1.29 is 0 Å². The number of hydrazone groups is 1. The summed E-state index contributed by atoms with van der Waals surface area (Å²) in [5.41, 5.74) is 3.88. The van der Waals surface area contributed by atoms with Gasteiger partial charge in [-0.15, -0.1) is 5.10 Å². The number of pyridine rings is 1. The number of hydrogen-bond donors (Lipinski definition) is 1. The standard InChI is InChI=1S/C14H11N5/c1-2-4-13-12(3-1)10-17-19-14(13)18-16-9-11-5-7-15-8-6-11/h1-10H,(H,18,19)/b16-9+. The third kappa shape index (κ3) is 2.55. The Balaban J connectivity index is 1.84. The van der Waals surface area contributed by atoms with E-state index < -0.39 is 0 Å². The molecule has 3 aromatic rings. The molecule has 0 aliphatic carbocycles. The molecule has 3 rings (SSSR count). The summed E-state index contributed by atoms with van der Waals surface area (Å²) in [7, 11) is 0. The van der Waals surface area contributed by atoms with Crippen molar-refractivity contribution in [1.82, 2.24) is 15.2 Å². The van der Waals surface area contributed by atoms with E-state index in [1.54, 1.807) is 24.8 Å². The van der Waals surface area contributed by atoms with Crippen LogP contribution in [-0.2, 0) is 0 Å². The molecule has 0 saturated carbocycles. The first-order valence-corrected chi connectivity index (χ1v) is 5.83. The molecule has 0 aliphatic heterocycles. The van der Waals surface area contributed by atoms with E-state index in [9.17, 15) is 0 Å². The van der Waals surface area contributed by atoms with Gasteiger partial charge in [0.15, 0.2) is 5.82 Å². The highest BCUT2D eigenvalue weighted by Gasteiger charge is 2.00. The van der Waals surface area contributed by atoms with Crippen molar-refractivity contribution in [2.24, 2.45) is 5.10 Å². The Labute approximate surface area is 110 Å². The largest absolute Gasteiger partial charge is 0.265 e. The lowest BCUT2D eigenvalue weighted by Gasteiger charge is -2.02. The number of nitrogens with one attached hydrogen (secondary N) is 1. The van der Waals surface area contributed by atoms with E-state index in [4.69, 9.17) is 0 Å². The van der Waals surface area contributed by atoms with Gasteiger partial charge in [-0.2, -0.15) is 10.2 Å². The molecule has 92 valence electrons. The lowest BCUT2D eigenvalue weighted by Crippen LogP contribution is -1.96. The van der Waals surface area contributed by atoms with Gasteiger partial charge in [-0.05, 0) is 17.7 Å². The third-order valence-corrected chi connectivity index (χ3v) is 2.66. The van der Waals surface area contributed by atoms with E-state index in [1.807, 2.05) is 36.4 Å². The number of hydrogen-bond acceptors (Lipinski definition) is 5. The molecular formula is C14H11N5. The number of anilines is 1. The molecule has 0 unspecified atom stereocenters. The Hall–Kier alpha value is -2.82. The summed E-state index contributed by atoms with van der Waals surface area (Å²) in [4.78, 5) is 3.95. The van der Waals surface area contributed by atoms with Crippen molar-refractivity contribution in [3.05, 3.63) is 60.6 Å². The topological polar surface area (TPSA) is 63.1 Å². The molecule has 1 aromatic carbocycles. The molecule has 0 fully saturated rings. The molecule has 0 bridgehead atoms. The van der Waals surface area contributed by atoms with Crippen LogP contribution in [0, 0.1) is 0 Å². The van der Waals surface area contributed by atoms with Gasteiger partial charge in [0, 0.05) is 23.2 Å². The highest BCUT2D eigenvalue weighted by Crippen LogP contribution is 2.18. The van der Waals surface area contributed by atoms with Gasteiger partial charge in [0.05, 0.1) is 12.4 Å². The molecular weight excluding hydrogens is 238 g/mol. The van der Waals surface area contributed by atoms with E-state index in [2.05, 4.69) is 25.7 Å². The predicted molar refractivity (Wildman–Crippen MR) is 75.0 cm³/mol. The number of fused-ring (bicyclic) bond motifs is 1. The van der Waals surface area contributed by atoms with Gasteiger partial charge in [0.1, 0.15) is 0 Å². The minimum Gasteiger partial charge on any atom is -0.265 e. The van der Waals surface area contributed by atoms with Crippen LogP contribution in [0.5, 0.6) is 0 Å². The van der Waals surface area contributed by atoms with E-state index in [-0.39, 0.29) is 0 Å². The first kappa shape index (κ1) is 11.3. The van der Waals surface area contributed by atoms with Crippen LogP contribution in [0.25, 0.3) is 10.8 Å². The molecule has 0 amide bonds. The van der Waals surface area contributed by atoms with Gasteiger partial charge in [-0.3, -0.25) is 10.4 Å². The van der Waals surface area contributed by atoms with Gasteiger partial charge in [-0.1, -0.05) is 24.3 Å². The zero-order valence-electron chi connectivity index (χ0n) is 10.1. The smallest absolute Gasteiger partial charge is 0.176 e. The Morgan fingerprint density at radius 1 is 1.05 bits per heavy atom. The van der Waals surface area contributed by atoms with Crippen LogP contribution < -0.4 is 5.43 Å². The predicted octanol–water partition coefficient (Wildman–Crippen LogP) is 2.47. The number of nitrogens with zero attached hydrogens (tertiary/aromatic N) is 4. The zero-order chi connectivity index (χ0) is 12.9. The minimum absolute atomic E-state index is 0.642. The Morgan fingerprint density at radius 2 is 1.89 bits per heavy atom. The number of aromatic nitrogens is 3. The van der Waals surface area contributed by atoms with Crippen LogP contribution in [-0.4, -0.2) is 21.4 Å². The summed E-state index contributed by atoms with van der Waals surface area (Å²) >= 11 is 0. The number of rotatable bonds is 3. The molecule has 19 heavy (non-hydrogen) atoms. The van der Waals surface area contributed by atoms with Gasteiger partial charge in [0.25, 0.3) is 0 Å². The van der Waals surface area contributed by atoms with Gasteiger partial charge < -0.3 is 0 Å². The number of benzene rings is 1. The first-order chi connectivity index (χ1) is 9.43. The maximum atomic E-state index is 4.16. The van der Waals surface area contributed by atoms with Crippen LogP contribution in [0.15, 0.2) is 60.1 Å². The lowest BCUT2D eigenvalue weighted by molar-refractivity contribution is 1.04. The van der Waals surface area contributed by atoms with E-state index >= 15 is 0 Å². The second-order valence-corrected chi connectivity index (χ2v) is 3.93. The van der Waals surface area contributed by atoms with Crippen molar-refractivity contribution >= 4 is 22.8 Å². The van der Waals surface area contributed by atoms with Crippen LogP contribution >= 0.6 is 0 Å². The molecule has 5 nitrogen and oxygen atoms in total. The average Bonchev–Trinajstić information content (AvgIpc) is 2.49. The normalized spacial score (nSPS) is 10.9. The maximum absolute atomic E-state index is 4.16. The lowest BCUT2D eigenvalue weighted by atomic mass is 10.2. The minimum atomic E-state index is 0.642. The fourth-order valence-electron chi connectivity index (χ4n) is 1.73. The molecule has 0 saturated heterocycles. The van der Waals surface area contributed by atoms with E-state index in [1.165, 1.54) is 0 Å². The van der Waals surface area contributed by atoms with Crippen molar-refractivity contribution in [3.63, 3.8) is 0 Å².